The molecule has 0 aromatic carbocycles. The van der Waals surface area contributed by atoms with E-state index in [9.17, 15) is 0 Å². The van der Waals surface area contributed by atoms with E-state index < -0.39 is 0 Å². The van der Waals surface area contributed by atoms with Crippen LogP contribution in [0.1, 0.15) is 90.9 Å². The van der Waals surface area contributed by atoms with Gasteiger partial charge in [0.25, 0.3) is 0 Å². The molecule has 3 rings (SSSR count). The normalized spacial score (nSPS) is 31.4. The molecule has 122 valence electrons. The first-order chi connectivity index (χ1) is 10.1. The minimum atomic E-state index is 0.292. The Kier molecular flexibility index (Phi) is 4.95. The second-order valence-corrected chi connectivity index (χ2v) is 8.44. The molecule has 1 N–H and O–H groups in total. The monoisotopic (exact) mass is 293 g/mol. The lowest BCUT2D eigenvalue weighted by Gasteiger charge is -2.36. The van der Waals surface area contributed by atoms with Crippen LogP contribution in [0.2, 0.25) is 0 Å². The number of rotatable bonds is 7. The Bertz CT molecular complexity index is 332. The second kappa shape index (κ2) is 6.58. The van der Waals surface area contributed by atoms with E-state index in [1.165, 1.54) is 83.6 Å². The Balaban J connectivity index is 1.52. The van der Waals surface area contributed by atoms with E-state index in [4.69, 9.17) is 4.74 Å². The van der Waals surface area contributed by atoms with Gasteiger partial charge in [-0.3, -0.25) is 0 Å². The summed E-state index contributed by atoms with van der Waals surface area (Å²) in [4.78, 5) is 0. The summed E-state index contributed by atoms with van der Waals surface area (Å²) in [5, 5.41) is 3.77. The molecule has 0 amide bonds. The molecule has 1 heterocycles. The molecule has 1 aliphatic heterocycles. The molecule has 1 saturated heterocycles. The van der Waals surface area contributed by atoms with Crippen LogP contribution >= 0.6 is 0 Å². The maximum atomic E-state index is 6.63. The minimum absolute atomic E-state index is 0.292. The fraction of sp³-hybridized carbons (Fsp3) is 1.00. The van der Waals surface area contributed by atoms with Gasteiger partial charge in [-0.25, -0.2) is 0 Å². The van der Waals surface area contributed by atoms with E-state index in [0.29, 0.717) is 17.1 Å². The van der Waals surface area contributed by atoms with E-state index in [1.807, 2.05) is 0 Å². The highest BCUT2D eigenvalue weighted by Crippen LogP contribution is 2.45. The average Bonchev–Trinajstić information content (AvgIpc) is 3.23. The summed E-state index contributed by atoms with van der Waals surface area (Å²) in [5.41, 5.74) is 0.724. The molecule has 0 radical (unpaired) electrons. The number of nitrogens with one attached hydrogen (secondary N) is 1. The fourth-order valence-corrected chi connectivity index (χ4v) is 4.70. The van der Waals surface area contributed by atoms with Crippen LogP contribution in [0.25, 0.3) is 0 Å². The minimum Gasteiger partial charge on any atom is -0.372 e. The average molecular weight is 293 g/mol. The first-order valence-electron chi connectivity index (χ1n) is 9.54. The van der Waals surface area contributed by atoms with Crippen molar-refractivity contribution in [3.8, 4) is 0 Å². The predicted molar refractivity (Wildman–Crippen MR) is 88.6 cm³/mol. The highest BCUT2D eigenvalue weighted by Gasteiger charge is 2.42. The summed E-state index contributed by atoms with van der Waals surface area (Å²) >= 11 is 0. The summed E-state index contributed by atoms with van der Waals surface area (Å²) in [6, 6.07) is 0.829. The maximum absolute atomic E-state index is 6.63. The van der Waals surface area contributed by atoms with Crippen LogP contribution in [0, 0.1) is 5.41 Å². The first kappa shape index (κ1) is 15.8. The second-order valence-electron chi connectivity index (χ2n) is 8.44. The first-order valence-corrected chi connectivity index (χ1v) is 9.54. The van der Waals surface area contributed by atoms with Gasteiger partial charge in [-0.1, -0.05) is 39.5 Å². The zero-order chi connectivity index (χ0) is 14.8. The lowest BCUT2D eigenvalue weighted by molar-refractivity contribution is -0.0763. The van der Waals surface area contributed by atoms with Crippen molar-refractivity contribution < 1.29 is 4.74 Å². The number of hydrogen-bond acceptors (Lipinski definition) is 2. The molecular formula is C19H35NO. The van der Waals surface area contributed by atoms with Crippen LogP contribution < -0.4 is 5.32 Å². The standard InChI is InChI=1S/C19H35NO/c1-3-10-18(2,15-20-16-7-8-16)14-17-9-13-19(21-17)11-5-4-6-12-19/h16-17,20H,3-15H2,1-2H3. The fourth-order valence-electron chi connectivity index (χ4n) is 4.70. The molecule has 2 saturated carbocycles. The highest BCUT2D eigenvalue weighted by atomic mass is 16.5. The van der Waals surface area contributed by atoms with Crippen molar-refractivity contribution in [3.63, 3.8) is 0 Å². The molecule has 0 aromatic heterocycles. The molecule has 2 heteroatoms. The van der Waals surface area contributed by atoms with Crippen LogP contribution in [0.5, 0.6) is 0 Å². The molecule has 0 aromatic rings. The zero-order valence-corrected chi connectivity index (χ0v) is 14.3. The summed E-state index contributed by atoms with van der Waals surface area (Å²) in [7, 11) is 0. The van der Waals surface area contributed by atoms with Crippen LogP contribution in [-0.4, -0.2) is 24.3 Å². The Morgan fingerprint density at radius 3 is 2.52 bits per heavy atom. The van der Waals surface area contributed by atoms with E-state index in [1.54, 1.807) is 0 Å². The molecule has 3 fully saturated rings. The van der Waals surface area contributed by atoms with Crippen molar-refractivity contribution in [2.75, 3.05) is 6.54 Å². The molecule has 2 aliphatic carbocycles. The Labute approximate surface area is 131 Å². The molecule has 1 spiro atoms. The number of hydrogen-bond donors (Lipinski definition) is 1. The molecule has 0 bridgehead atoms. The van der Waals surface area contributed by atoms with E-state index in [-0.39, 0.29) is 0 Å². The molecule has 21 heavy (non-hydrogen) atoms. The van der Waals surface area contributed by atoms with Gasteiger partial charge in [0.15, 0.2) is 0 Å². The summed E-state index contributed by atoms with van der Waals surface area (Å²) in [5.74, 6) is 0. The van der Waals surface area contributed by atoms with Crippen LogP contribution in [0.4, 0.5) is 0 Å². The van der Waals surface area contributed by atoms with Crippen LogP contribution in [0.15, 0.2) is 0 Å². The quantitative estimate of drug-likeness (QED) is 0.727. The van der Waals surface area contributed by atoms with Gasteiger partial charge in [-0.2, -0.15) is 0 Å². The largest absolute Gasteiger partial charge is 0.372 e. The maximum Gasteiger partial charge on any atom is 0.0687 e. The summed E-state index contributed by atoms with van der Waals surface area (Å²) < 4.78 is 6.63. The van der Waals surface area contributed by atoms with E-state index >= 15 is 0 Å². The third-order valence-electron chi connectivity index (χ3n) is 6.07. The van der Waals surface area contributed by atoms with Gasteiger partial charge in [0.2, 0.25) is 0 Å². The van der Waals surface area contributed by atoms with Gasteiger partial charge >= 0.3 is 0 Å². The van der Waals surface area contributed by atoms with Gasteiger partial charge in [0.1, 0.15) is 0 Å². The third-order valence-corrected chi connectivity index (χ3v) is 6.07. The Hall–Kier alpha value is -0.0800. The topological polar surface area (TPSA) is 21.3 Å². The zero-order valence-electron chi connectivity index (χ0n) is 14.3. The molecule has 3 aliphatic rings. The van der Waals surface area contributed by atoms with E-state index in [2.05, 4.69) is 19.2 Å². The van der Waals surface area contributed by atoms with Crippen molar-refractivity contribution in [2.45, 2.75) is 109 Å². The molecule has 2 atom stereocenters. The Morgan fingerprint density at radius 2 is 1.86 bits per heavy atom. The van der Waals surface area contributed by atoms with Gasteiger partial charge in [0, 0.05) is 12.6 Å². The molecule has 2 nitrogen and oxygen atoms in total. The lowest BCUT2D eigenvalue weighted by Crippen LogP contribution is -2.37. The van der Waals surface area contributed by atoms with Crippen molar-refractivity contribution in [1.82, 2.24) is 5.32 Å². The van der Waals surface area contributed by atoms with Gasteiger partial charge in [0.05, 0.1) is 11.7 Å². The molecular weight excluding hydrogens is 258 g/mol. The summed E-state index contributed by atoms with van der Waals surface area (Å²) in [6.45, 7) is 6.01. The third kappa shape index (κ3) is 4.22. The highest BCUT2D eigenvalue weighted by molar-refractivity contribution is 4.94. The number of ether oxygens (including phenoxy) is 1. The van der Waals surface area contributed by atoms with Crippen molar-refractivity contribution >= 4 is 0 Å². The van der Waals surface area contributed by atoms with Crippen LogP contribution in [0.3, 0.4) is 0 Å². The van der Waals surface area contributed by atoms with Crippen molar-refractivity contribution in [2.24, 2.45) is 5.41 Å². The van der Waals surface area contributed by atoms with Gasteiger partial charge in [-0.05, 0) is 56.8 Å². The van der Waals surface area contributed by atoms with Crippen LogP contribution in [-0.2, 0) is 4.74 Å². The Morgan fingerprint density at radius 1 is 1.10 bits per heavy atom. The SMILES string of the molecule is CCCC(C)(CNC1CC1)CC1CCC2(CCCCC2)O1. The summed E-state index contributed by atoms with van der Waals surface area (Å²) in [6.07, 6.45) is 16.7. The van der Waals surface area contributed by atoms with Crippen molar-refractivity contribution in [3.05, 3.63) is 0 Å². The predicted octanol–water partition coefficient (Wildman–Crippen LogP) is 4.82. The van der Waals surface area contributed by atoms with Gasteiger partial charge in [-0.15, -0.1) is 0 Å². The molecule has 2 unspecified atom stereocenters. The lowest BCUT2D eigenvalue weighted by atomic mass is 9.79. The smallest absolute Gasteiger partial charge is 0.0687 e. The van der Waals surface area contributed by atoms with E-state index in [0.717, 1.165) is 6.04 Å². The van der Waals surface area contributed by atoms with Crippen molar-refractivity contribution in [1.29, 1.82) is 0 Å². The van der Waals surface area contributed by atoms with Gasteiger partial charge < -0.3 is 10.1 Å².